The lowest BCUT2D eigenvalue weighted by molar-refractivity contribution is -0.158. The number of carbonyl (C=O) groups is 1. The van der Waals surface area contributed by atoms with Crippen molar-refractivity contribution in [3.63, 3.8) is 0 Å². The predicted molar refractivity (Wildman–Crippen MR) is 93.2 cm³/mol. The van der Waals surface area contributed by atoms with Gasteiger partial charge in [-0.15, -0.1) is 0 Å². The molecule has 0 amide bonds. The molecular formula is C20H25NO2. The third-order valence-corrected chi connectivity index (χ3v) is 4.11. The Morgan fingerprint density at radius 3 is 1.74 bits per heavy atom. The molecule has 1 atom stereocenters. The molecule has 3 nitrogen and oxygen atoms in total. The Kier molecular flexibility index (Phi) is 6.36. The van der Waals surface area contributed by atoms with Gasteiger partial charge in [-0.05, 0) is 31.1 Å². The Morgan fingerprint density at radius 2 is 1.35 bits per heavy atom. The zero-order valence-corrected chi connectivity index (χ0v) is 14.1. The lowest BCUT2D eigenvalue weighted by Crippen LogP contribution is -2.37. The normalized spacial score (nSPS) is 12.4. The van der Waals surface area contributed by atoms with Gasteiger partial charge in [-0.3, -0.25) is 9.69 Å². The summed E-state index contributed by atoms with van der Waals surface area (Å²) in [6.07, 6.45) is -0.229. The van der Waals surface area contributed by atoms with Gasteiger partial charge in [0.1, 0.15) is 5.92 Å². The minimum atomic E-state index is -0.393. The molecular weight excluding hydrogens is 286 g/mol. The first-order valence-corrected chi connectivity index (χ1v) is 8.21. The molecule has 0 saturated carbocycles. The molecule has 0 aliphatic rings. The second-order valence-corrected chi connectivity index (χ2v) is 5.51. The molecule has 2 aromatic carbocycles. The molecule has 0 fully saturated rings. The van der Waals surface area contributed by atoms with Gasteiger partial charge in [0, 0.05) is 0 Å². The summed E-state index contributed by atoms with van der Waals surface area (Å²) in [4.78, 5) is 15.0. The number of ether oxygens (including phenoxy) is 1. The summed E-state index contributed by atoms with van der Waals surface area (Å²) in [7, 11) is 0. The molecule has 0 radical (unpaired) electrons. The van der Waals surface area contributed by atoms with Crippen molar-refractivity contribution < 1.29 is 9.53 Å². The Morgan fingerprint density at radius 1 is 0.913 bits per heavy atom. The fraction of sp³-hybridized carbons (Fsp3) is 0.350. The van der Waals surface area contributed by atoms with Crippen LogP contribution >= 0.6 is 0 Å². The van der Waals surface area contributed by atoms with Crippen molar-refractivity contribution >= 4 is 5.97 Å². The zero-order valence-electron chi connectivity index (χ0n) is 14.1. The molecule has 122 valence electrons. The monoisotopic (exact) mass is 311 g/mol. The summed E-state index contributed by atoms with van der Waals surface area (Å²) in [5, 5.41) is 0. The third kappa shape index (κ3) is 4.42. The molecule has 0 bridgehead atoms. The summed E-state index contributed by atoms with van der Waals surface area (Å²) < 4.78 is 5.75. The average Bonchev–Trinajstić information content (AvgIpc) is 2.58. The molecule has 0 aliphatic heterocycles. The van der Waals surface area contributed by atoms with Crippen molar-refractivity contribution in [3.8, 4) is 0 Å². The lowest BCUT2D eigenvalue weighted by Gasteiger charge is -2.28. The molecule has 0 saturated heterocycles. The van der Waals surface area contributed by atoms with Gasteiger partial charge < -0.3 is 4.74 Å². The molecule has 0 aliphatic carbocycles. The van der Waals surface area contributed by atoms with Crippen molar-refractivity contribution in [2.45, 2.75) is 32.9 Å². The van der Waals surface area contributed by atoms with E-state index in [2.05, 4.69) is 18.7 Å². The van der Waals surface area contributed by atoms with E-state index >= 15 is 0 Å². The second-order valence-electron chi connectivity index (χ2n) is 5.51. The van der Waals surface area contributed by atoms with Gasteiger partial charge >= 0.3 is 5.97 Å². The highest BCUT2D eigenvalue weighted by atomic mass is 16.6. The van der Waals surface area contributed by atoms with Crippen molar-refractivity contribution in [2.75, 3.05) is 13.1 Å². The van der Waals surface area contributed by atoms with E-state index in [0.29, 0.717) is 0 Å². The zero-order chi connectivity index (χ0) is 16.7. The van der Waals surface area contributed by atoms with Gasteiger partial charge in [0.05, 0.1) is 0 Å². The van der Waals surface area contributed by atoms with Crippen LogP contribution in [-0.4, -0.2) is 30.2 Å². The fourth-order valence-corrected chi connectivity index (χ4v) is 2.80. The Bertz CT molecular complexity index is 554. The van der Waals surface area contributed by atoms with Crippen LogP contribution in [0.2, 0.25) is 0 Å². The molecule has 23 heavy (non-hydrogen) atoms. The molecule has 0 heterocycles. The maximum Gasteiger partial charge on any atom is 0.319 e. The van der Waals surface area contributed by atoms with Crippen LogP contribution in [0.3, 0.4) is 0 Å². The number of rotatable bonds is 7. The summed E-state index contributed by atoms with van der Waals surface area (Å²) in [5.41, 5.74) is 1.91. The van der Waals surface area contributed by atoms with Gasteiger partial charge in [0.25, 0.3) is 0 Å². The van der Waals surface area contributed by atoms with Crippen molar-refractivity contribution in [1.82, 2.24) is 4.90 Å². The maximum atomic E-state index is 12.8. The summed E-state index contributed by atoms with van der Waals surface area (Å²) in [5.74, 6) is -0.600. The maximum absolute atomic E-state index is 12.8. The largest absolute Gasteiger partial charge is 0.446 e. The van der Waals surface area contributed by atoms with Crippen LogP contribution in [0.25, 0.3) is 0 Å². The van der Waals surface area contributed by atoms with E-state index in [0.717, 1.165) is 24.2 Å². The van der Waals surface area contributed by atoms with E-state index in [1.54, 1.807) is 0 Å². The first-order chi connectivity index (χ1) is 11.2. The number of esters is 1. The van der Waals surface area contributed by atoms with Gasteiger partial charge in [-0.1, -0.05) is 74.5 Å². The summed E-state index contributed by atoms with van der Waals surface area (Å²) in [6.45, 7) is 7.77. The van der Waals surface area contributed by atoms with Crippen LogP contribution < -0.4 is 0 Å². The molecule has 0 spiro atoms. The Hall–Kier alpha value is -2.13. The van der Waals surface area contributed by atoms with E-state index in [1.807, 2.05) is 67.6 Å². The van der Waals surface area contributed by atoms with E-state index in [9.17, 15) is 4.79 Å². The SMILES string of the molecule is CCN(CC)C(C)OC(=O)C(c1ccccc1)c1ccccc1. The summed E-state index contributed by atoms with van der Waals surface area (Å²) in [6, 6.07) is 19.6. The quantitative estimate of drug-likeness (QED) is 0.571. The lowest BCUT2D eigenvalue weighted by atomic mass is 9.91. The topological polar surface area (TPSA) is 29.5 Å². The predicted octanol–water partition coefficient (Wildman–Crippen LogP) is 4.05. The minimum Gasteiger partial charge on any atom is -0.446 e. The molecule has 2 rings (SSSR count). The fourth-order valence-electron chi connectivity index (χ4n) is 2.80. The van der Waals surface area contributed by atoms with Crippen LogP contribution in [0.1, 0.15) is 37.8 Å². The Labute approximate surface area is 138 Å². The van der Waals surface area contributed by atoms with Crippen molar-refractivity contribution in [2.24, 2.45) is 0 Å². The highest BCUT2D eigenvalue weighted by Crippen LogP contribution is 2.26. The highest BCUT2D eigenvalue weighted by molar-refractivity contribution is 5.82. The van der Waals surface area contributed by atoms with Crippen LogP contribution in [0.5, 0.6) is 0 Å². The van der Waals surface area contributed by atoms with E-state index in [1.165, 1.54) is 0 Å². The minimum absolute atomic E-state index is 0.207. The van der Waals surface area contributed by atoms with Gasteiger partial charge in [-0.25, -0.2) is 0 Å². The molecule has 3 heteroatoms. The number of hydrogen-bond donors (Lipinski definition) is 0. The standard InChI is InChI=1S/C20H25NO2/c1-4-21(5-2)16(3)23-20(22)19(17-12-8-6-9-13-17)18-14-10-7-11-15-18/h6-16,19H,4-5H2,1-3H3. The molecule has 0 aromatic heterocycles. The van der Waals surface area contributed by atoms with E-state index in [4.69, 9.17) is 4.74 Å². The van der Waals surface area contributed by atoms with Crippen LogP contribution in [0, 0.1) is 0 Å². The first-order valence-electron chi connectivity index (χ1n) is 8.21. The summed E-state index contributed by atoms with van der Waals surface area (Å²) >= 11 is 0. The number of carbonyl (C=O) groups excluding carboxylic acids is 1. The molecule has 0 N–H and O–H groups in total. The van der Waals surface area contributed by atoms with Gasteiger partial charge in [0.2, 0.25) is 0 Å². The average molecular weight is 311 g/mol. The number of benzene rings is 2. The van der Waals surface area contributed by atoms with Crippen molar-refractivity contribution in [1.29, 1.82) is 0 Å². The van der Waals surface area contributed by atoms with Crippen LogP contribution in [0.15, 0.2) is 60.7 Å². The van der Waals surface area contributed by atoms with Gasteiger partial charge in [0.15, 0.2) is 6.23 Å². The van der Waals surface area contributed by atoms with Gasteiger partial charge in [-0.2, -0.15) is 0 Å². The highest BCUT2D eigenvalue weighted by Gasteiger charge is 2.26. The number of nitrogens with zero attached hydrogens (tertiary/aromatic N) is 1. The van der Waals surface area contributed by atoms with E-state index < -0.39 is 5.92 Å². The number of hydrogen-bond acceptors (Lipinski definition) is 3. The Balaban J connectivity index is 2.26. The van der Waals surface area contributed by atoms with Crippen LogP contribution in [-0.2, 0) is 9.53 Å². The second kappa shape index (κ2) is 8.49. The van der Waals surface area contributed by atoms with Crippen LogP contribution in [0.4, 0.5) is 0 Å². The molecule has 2 aromatic rings. The van der Waals surface area contributed by atoms with Crippen molar-refractivity contribution in [3.05, 3.63) is 71.8 Å². The third-order valence-electron chi connectivity index (χ3n) is 4.11. The molecule has 1 unspecified atom stereocenters. The smallest absolute Gasteiger partial charge is 0.319 e. The van der Waals surface area contributed by atoms with E-state index in [-0.39, 0.29) is 12.2 Å². The first kappa shape index (κ1) is 17.2.